The van der Waals surface area contributed by atoms with Gasteiger partial charge in [-0.3, -0.25) is 24.9 Å². The van der Waals surface area contributed by atoms with Gasteiger partial charge in [-0.15, -0.1) is 0 Å². The molecule has 0 aromatic carbocycles. The molecule has 32 heavy (non-hydrogen) atoms. The standard InChI is InChI=1S/C23H21F3N6/c1-27-21-31-23(17-5-7-28-8-6-17,20-30-13-22(25,26)14-32(20)21)18-4-2-3-15(9-18)16-10-19(24)12-29-11-16/h2-8,10-12,18H,9,13-14H2,1H3,(H,27,31). The van der Waals surface area contributed by atoms with Gasteiger partial charge in [-0.1, -0.05) is 18.2 Å². The van der Waals surface area contributed by atoms with E-state index < -0.39 is 30.4 Å². The van der Waals surface area contributed by atoms with Gasteiger partial charge in [0.15, 0.2) is 0 Å². The van der Waals surface area contributed by atoms with Gasteiger partial charge in [0.2, 0.25) is 5.96 Å². The van der Waals surface area contributed by atoms with Gasteiger partial charge < -0.3 is 5.32 Å². The molecule has 4 heterocycles. The summed E-state index contributed by atoms with van der Waals surface area (Å²) in [6, 6.07) is 5.16. The molecule has 2 unspecified atom stereocenters. The number of pyridine rings is 2. The van der Waals surface area contributed by atoms with Crippen LogP contribution in [0.1, 0.15) is 17.5 Å². The Bertz CT molecular complexity index is 1160. The lowest BCUT2D eigenvalue weighted by atomic mass is 9.72. The van der Waals surface area contributed by atoms with Crippen LogP contribution in [0.4, 0.5) is 13.2 Å². The van der Waals surface area contributed by atoms with Gasteiger partial charge in [-0.25, -0.2) is 13.2 Å². The molecule has 1 N–H and O–H groups in total. The van der Waals surface area contributed by atoms with Crippen LogP contribution in [0.15, 0.2) is 71.2 Å². The normalized spacial score (nSPS) is 27.6. The summed E-state index contributed by atoms with van der Waals surface area (Å²) < 4.78 is 42.3. The van der Waals surface area contributed by atoms with Crippen molar-refractivity contribution in [3.63, 3.8) is 0 Å². The molecule has 1 aliphatic carbocycles. The summed E-state index contributed by atoms with van der Waals surface area (Å²) in [4.78, 5) is 18.2. The van der Waals surface area contributed by atoms with Gasteiger partial charge in [0.1, 0.15) is 23.7 Å². The van der Waals surface area contributed by atoms with E-state index in [1.165, 1.54) is 11.0 Å². The number of fused-ring (bicyclic) bond motifs is 1. The third-order valence-electron chi connectivity index (χ3n) is 6.08. The Labute approximate surface area is 183 Å². The third kappa shape index (κ3) is 3.28. The van der Waals surface area contributed by atoms with Gasteiger partial charge in [-0.2, -0.15) is 0 Å². The lowest BCUT2D eigenvalue weighted by Gasteiger charge is -2.40. The molecule has 164 valence electrons. The van der Waals surface area contributed by atoms with Crippen LogP contribution in [0, 0.1) is 11.7 Å². The highest BCUT2D eigenvalue weighted by Gasteiger charge is 2.57. The van der Waals surface area contributed by atoms with E-state index >= 15 is 0 Å². The van der Waals surface area contributed by atoms with Gasteiger partial charge >= 0.3 is 0 Å². The lowest BCUT2D eigenvalue weighted by Crippen LogP contribution is -2.53. The fourth-order valence-corrected chi connectivity index (χ4v) is 4.69. The highest BCUT2D eigenvalue weighted by Crippen LogP contribution is 2.45. The highest BCUT2D eigenvalue weighted by molar-refractivity contribution is 6.13. The summed E-state index contributed by atoms with van der Waals surface area (Å²) in [7, 11) is 1.57. The van der Waals surface area contributed by atoms with E-state index in [0.29, 0.717) is 23.8 Å². The summed E-state index contributed by atoms with van der Waals surface area (Å²) in [5, 5.41) is 3.42. The molecular weight excluding hydrogens is 417 g/mol. The molecule has 2 aromatic rings. The maximum atomic E-state index is 14.3. The first-order chi connectivity index (χ1) is 15.4. The second-order valence-corrected chi connectivity index (χ2v) is 8.08. The number of nitrogens with one attached hydrogen (secondary N) is 1. The number of rotatable bonds is 3. The average Bonchev–Trinajstić information content (AvgIpc) is 3.13. The van der Waals surface area contributed by atoms with E-state index in [9.17, 15) is 13.2 Å². The molecule has 3 aliphatic rings. The van der Waals surface area contributed by atoms with Crippen molar-refractivity contribution in [3.05, 3.63) is 78.2 Å². The van der Waals surface area contributed by atoms with Crippen LogP contribution >= 0.6 is 0 Å². The van der Waals surface area contributed by atoms with Crippen molar-refractivity contribution in [3.8, 4) is 0 Å². The van der Waals surface area contributed by atoms with Crippen LogP contribution in [-0.2, 0) is 5.54 Å². The van der Waals surface area contributed by atoms with E-state index in [4.69, 9.17) is 0 Å². The molecule has 2 aliphatic heterocycles. The van der Waals surface area contributed by atoms with Gasteiger partial charge in [-0.05, 0) is 41.3 Å². The van der Waals surface area contributed by atoms with E-state index in [2.05, 4.69) is 25.3 Å². The van der Waals surface area contributed by atoms with Crippen molar-refractivity contribution >= 4 is 17.4 Å². The van der Waals surface area contributed by atoms with Gasteiger partial charge in [0.25, 0.3) is 5.92 Å². The number of hydrogen-bond donors (Lipinski definition) is 1. The predicted octanol–water partition coefficient (Wildman–Crippen LogP) is 3.41. The van der Waals surface area contributed by atoms with Crippen molar-refractivity contribution < 1.29 is 13.2 Å². The summed E-state index contributed by atoms with van der Waals surface area (Å²) in [6.07, 6.45) is 12.5. The second-order valence-electron chi connectivity index (χ2n) is 8.08. The fourth-order valence-electron chi connectivity index (χ4n) is 4.69. The van der Waals surface area contributed by atoms with Crippen LogP contribution in [0.2, 0.25) is 0 Å². The van der Waals surface area contributed by atoms with Crippen molar-refractivity contribution in [2.45, 2.75) is 17.9 Å². The predicted molar refractivity (Wildman–Crippen MR) is 116 cm³/mol. The zero-order chi connectivity index (χ0) is 22.3. The molecule has 6 nitrogen and oxygen atoms in total. The van der Waals surface area contributed by atoms with Crippen molar-refractivity contribution in [2.24, 2.45) is 15.9 Å². The molecule has 9 heteroatoms. The Morgan fingerprint density at radius 1 is 1.19 bits per heavy atom. The maximum Gasteiger partial charge on any atom is 0.284 e. The zero-order valence-electron chi connectivity index (χ0n) is 17.3. The first-order valence-electron chi connectivity index (χ1n) is 10.3. The summed E-state index contributed by atoms with van der Waals surface area (Å²) in [5.74, 6) is -2.72. The summed E-state index contributed by atoms with van der Waals surface area (Å²) >= 11 is 0. The van der Waals surface area contributed by atoms with Crippen molar-refractivity contribution in [2.75, 3.05) is 20.1 Å². The third-order valence-corrected chi connectivity index (χ3v) is 6.08. The number of halogens is 3. The Kier molecular flexibility index (Phi) is 4.83. The first kappa shape index (κ1) is 20.4. The molecule has 2 aromatic heterocycles. The molecule has 1 saturated heterocycles. The van der Waals surface area contributed by atoms with E-state index in [1.807, 2.05) is 30.4 Å². The number of alkyl halides is 2. The maximum absolute atomic E-state index is 14.3. The summed E-state index contributed by atoms with van der Waals surface area (Å²) in [6.45, 7) is -1.08. The molecule has 0 spiro atoms. The van der Waals surface area contributed by atoms with Crippen LogP contribution in [0.25, 0.3) is 5.57 Å². The highest BCUT2D eigenvalue weighted by atomic mass is 19.3. The molecule has 0 radical (unpaired) electrons. The minimum atomic E-state index is -2.95. The van der Waals surface area contributed by atoms with Gasteiger partial charge in [0.05, 0.1) is 12.7 Å². The number of aromatic nitrogens is 2. The molecular formula is C23H21F3N6. The molecule has 5 rings (SSSR count). The topological polar surface area (TPSA) is 65.8 Å². The quantitative estimate of drug-likeness (QED) is 0.798. The Morgan fingerprint density at radius 3 is 2.75 bits per heavy atom. The minimum absolute atomic E-state index is 0.208. The number of hydrogen-bond acceptors (Lipinski definition) is 4. The van der Waals surface area contributed by atoms with Gasteiger partial charge in [0, 0.05) is 31.6 Å². The monoisotopic (exact) mass is 438 g/mol. The number of allylic oxidation sites excluding steroid dienone is 3. The van der Waals surface area contributed by atoms with Crippen LogP contribution in [0.3, 0.4) is 0 Å². The van der Waals surface area contributed by atoms with Crippen LogP contribution in [0.5, 0.6) is 0 Å². The molecule has 0 bridgehead atoms. The Morgan fingerprint density at radius 2 is 2.00 bits per heavy atom. The Hall–Kier alpha value is -3.49. The van der Waals surface area contributed by atoms with Crippen molar-refractivity contribution in [1.82, 2.24) is 20.2 Å². The first-order valence-corrected chi connectivity index (χ1v) is 10.3. The fraction of sp³-hybridized carbons (Fsp3) is 0.304. The van der Waals surface area contributed by atoms with E-state index in [-0.39, 0.29) is 5.92 Å². The molecule has 2 atom stereocenters. The van der Waals surface area contributed by atoms with E-state index in [0.717, 1.165) is 17.3 Å². The minimum Gasteiger partial charge on any atom is -0.339 e. The smallest absolute Gasteiger partial charge is 0.284 e. The molecule has 0 amide bonds. The van der Waals surface area contributed by atoms with Crippen LogP contribution < -0.4 is 5.32 Å². The number of aliphatic imine (C=N–C) groups is 2. The lowest BCUT2D eigenvalue weighted by molar-refractivity contribution is -0.00433. The number of amidine groups is 1. The second kappa shape index (κ2) is 7.58. The largest absolute Gasteiger partial charge is 0.339 e. The van der Waals surface area contributed by atoms with E-state index in [1.54, 1.807) is 25.6 Å². The summed E-state index contributed by atoms with van der Waals surface area (Å²) in [5.41, 5.74) is 1.49. The van der Waals surface area contributed by atoms with Crippen LogP contribution in [-0.4, -0.2) is 52.7 Å². The number of guanidine groups is 1. The zero-order valence-corrected chi connectivity index (χ0v) is 17.3. The average molecular weight is 438 g/mol. The Balaban J connectivity index is 1.63. The SMILES string of the molecule is CN=C1NC(c2ccncc2)(C2C=CC=C(c3cncc(F)c3)C2)C2=NCC(F)(F)CN12. The molecule has 0 saturated carbocycles. The number of nitrogens with zero attached hydrogens (tertiary/aromatic N) is 5. The van der Waals surface area contributed by atoms with Crippen molar-refractivity contribution in [1.29, 1.82) is 0 Å². The molecule has 1 fully saturated rings.